The van der Waals surface area contributed by atoms with Gasteiger partial charge in [0, 0.05) is 11.1 Å². The molecule has 0 amide bonds. The van der Waals surface area contributed by atoms with Gasteiger partial charge in [0.2, 0.25) is 5.89 Å². The third kappa shape index (κ3) is 3.58. The van der Waals surface area contributed by atoms with Crippen LogP contribution < -0.4 is 4.72 Å². The van der Waals surface area contributed by atoms with Crippen LogP contribution in [0.4, 0.5) is 6.01 Å². The molecule has 1 heterocycles. The highest BCUT2D eigenvalue weighted by molar-refractivity contribution is 7.92. The number of nitrogens with one attached hydrogen (secondary N) is 1. The highest BCUT2D eigenvalue weighted by Gasteiger charge is 2.22. The summed E-state index contributed by atoms with van der Waals surface area (Å²) < 4.78 is 33.6. The topological polar surface area (TPSA) is 85.1 Å². The molecular formula is C20H15N3O3S. The van der Waals surface area contributed by atoms with E-state index in [1.807, 2.05) is 48.5 Å². The maximum atomic E-state index is 12.9. The predicted octanol–water partition coefficient (Wildman–Crippen LogP) is 4.20. The summed E-state index contributed by atoms with van der Waals surface area (Å²) in [6.07, 6.45) is 0. The van der Waals surface area contributed by atoms with Crippen molar-refractivity contribution in [2.24, 2.45) is 0 Å². The second-order valence-electron chi connectivity index (χ2n) is 5.75. The van der Waals surface area contributed by atoms with Gasteiger partial charge in [-0.2, -0.15) is 0 Å². The quantitative estimate of drug-likeness (QED) is 0.563. The van der Waals surface area contributed by atoms with Crippen LogP contribution in [-0.2, 0) is 10.0 Å². The third-order valence-electron chi connectivity index (χ3n) is 3.93. The summed E-state index contributed by atoms with van der Waals surface area (Å²) in [5.74, 6) is 0.240. The van der Waals surface area contributed by atoms with Crippen molar-refractivity contribution in [1.82, 2.24) is 10.2 Å². The molecule has 0 atom stereocenters. The summed E-state index contributed by atoms with van der Waals surface area (Å²) in [5, 5.41) is 7.70. The average Bonchev–Trinajstić information content (AvgIpc) is 3.17. The number of hydrogen-bond donors (Lipinski definition) is 1. The van der Waals surface area contributed by atoms with Gasteiger partial charge in [0.15, 0.2) is 0 Å². The van der Waals surface area contributed by atoms with Crippen LogP contribution in [0.15, 0.2) is 94.2 Å². The highest BCUT2D eigenvalue weighted by atomic mass is 32.2. The van der Waals surface area contributed by atoms with E-state index in [9.17, 15) is 8.42 Å². The van der Waals surface area contributed by atoms with Crippen molar-refractivity contribution in [2.75, 3.05) is 4.72 Å². The van der Waals surface area contributed by atoms with Crippen molar-refractivity contribution in [3.63, 3.8) is 0 Å². The fourth-order valence-electron chi connectivity index (χ4n) is 2.69. The zero-order valence-electron chi connectivity index (χ0n) is 14.1. The van der Waals surface area contributed by atoms with E-state index in [0.717, 1.165) is 5.56 Å². The van der Waals surface area contributed by atoms with E-state index in [-0.39, 0.29) is 16.8 Å². The van der Waals surface area contributed by atoms with Gasteiger partial charge in [0.1, 0.15) is 0 Å². The molecule has 134 valence electrons. The van der Waals surface area contributed by atoms with Crippen molar-refractivity contribution >= 4 is 16.0 Å². The van der Waals surface area contributed by atoms with Gasteiger partial charge < -0.3 is 4.42 Å². The molecule has 6 nitrogen and oxygen atoms in total. The van der Waals surface area contributed by atoms with Crippen LogP contribution in [-0.4, -0.2) is 18.6 Å². The molecule has 0 fully saturated rings. The van der Waals surface area contributed by atoms with Gasteiger partial charge in [0.25, 0.3) is 10.0 Å². The molecule has 4 rings (SSSR count). The number of sulfonamides is 1. The molecule has 0 bridgehead atoms. The van der Waals surface area contributed by atoms with Gasteiger partial charge in [-0.1, -0.05) is 71.8 Å². The molecule has 0 aliphatic carbocycles. The van der Waals surface area contributed by atoms with Gasteiger partial charge in [-0.3, -0.25) is 0 Å². The number of aromatic nitrogens is 2. The molecule has 0 unspecified atom stereocenters. The summed E-state index contributed by atoms with van der Waals surface area (Å²) in [5.41, 5.74) is 2.10. The molecule has 0 radical (unpaired) electrons. The van der Waals surface area contributed by atoms with Crippen molar-refractivity contribution < 1.29 is 12.8 Å². The third-order valence-corrected chi connectivity index (χ3v) is 5.31. The van der Waals surface area contributed by atoms with Crippen molar-refractivity contribution in [1.29, 1.82) is 0 Å². The van der Waals surface area contributed by atoms with Crippen LogP contribution in [0.2, 0.25) is 0 Å². The molecule has 1 aromatic heterocycles. The Balaban J connectivity index is 1.67. The van der Waals surface area contributed by atoms with E-state index in [1.165, 1.54) is 0 Å². The Kier molecular flexibility index (Phi) is 4.43. The van der Waals surface area contributed by atoms with Gasteiger partial charge in [-0.05, 0) is 23.8 Å². The lowest BCUT2D eigenvalue weighted by Gasteiger charge is -2.10. The van der Waals surface area contributed by atoms with Crippen LogP contribution in [0.5, 0.6) is 0 Å². The molecule has 4 aromatic rings. The van der Waals surface area contributed by atoms with Crippen LogP contribution in [0.1, 0.15) is 0 Å². The molecule has 1 N–H and O–H groups in total. The molecular weight excluding hydrogens is 362 g/mol. The SMILES string of the molecule is O=S(=O)(Nc1nnc(-c2ccccc2)o1)c1ccccc1-c1ccccc1. The van der Waals surface area contributed by atoms with E-state index >= 15 is 0 Å². The zero-order valence-corrected chi connectivity index (χ0v) is 14.9. The van der Waals surface area contributed by atoms with Gasteiger partial charge in [-0.25, -0.2) is 13.1 Å². The summed E-state index contributed by atoms with van der Waals surface area (Å²) in [7, 11) is -3.91. The Morgan fingerprint density at radius 1 is 0.704 bits per heavy atom. The Morgan fingerprint density at radius 2 is 1.30 bits per heavy atom. The Bertz CT molecular complexity index is 1160. The Hall–Kier alpha value is -3.45. The number of hydrogen-bond acceptors (Lipinski definition) is 5. The average molecular weight is 377 g/mol. The van der Waals surface area contributed by atoms with Gasteiger partial charge in [0.05, 0.1) is 4.90 Å². The van der Waals surface area contributed by atoms with Crippen molar-refractivity contribution in [3.8, 4) is 22.6 Å². The second kappa shape index (κ2) is 7.05. The van der Waals surface area contributed by atoms with Crippen LogP contribution in [0, 0.1) is 0 Å². The van der Waals surface area contributed by atoms with E-state index in [1.54, 1.807) is 36.4 Å². The first-order chi connectivity index (χ1) is 13.1. The van der Waals surface area contributed by atoms with E-state index in [0.29, 0.717) is 11.1 Å². The number of anilines is 1. The zero-order chi connectivity index (χ0) is 18.7. The Labute approximate surface area is 156 Å². The van der Waals surface area contributed by atoms with Crippen LogP contribution >= 0.6 is 0 Å². The predicted molar refractivity (Wildman–Crippen MR) is 102 cm³/mol. The van der Waals surface area contributed by atoms with Crippen LogP contribution in [0.25, 0.3) is 22.6 Å². The molecule has 0 aliphatic rings. The molecule has 0 saturated heterocycles. The molecule has 3 aromatic carbocycles. The first kappa shape index (κ1) is 17.0. The van der Waals surface area contributed by atoms with Gasteiger partial charge >= 0.3 is 6.01 Å². The summed E-state index contributed by atoms with van der Waals surface area (Å²) >= 11 is 0. The molecule has 0 spiro atoms. The smallest absolute Gasteiger partial charge is 0.330 e. The fourth-order valence-corrected chi connectivity index (χ4v) is 3.84. The van der Waals surface area contributed by atoms with Gasteiger partial charge in [-0.15, -0.1) is 5.10 Å². The standard InChI is InChI=1S/C20H15N3O3S/c24-27(25,18-14-8-7-13-17(18)15-9-3-1-4-10-15)23-20-22-21-19(26-20)16-11-5-2-6-12-16/h1-14H,(H,22,23). The summed E-state index contributed by atoms with van der Waals surface area (Å²) in [4.78, 5) is 0.135. The first-order valence-electron chi connectivity index (χ1n) is 8.20. The van der Waals surface area contributed by atoms with E-state index < -0.39 is 10.0 Å². The number of nitrogens with zero attached hydrogens (tertiary/aromatic N) is 2. The molecule has 7 heteroatoms. The monoisotopic (exact) mass is 377 g/mol. The maximum Gasteiger partial charge on any atom is 0.330 e. The molecule has 27 heavy (non-hydrogen) atoms. The largest absolute Gasteiger partial charge is 0.403 e. The van der Waals surface area contributed by atoms with E-state index in [4.69, 9.17) is 4.42 Å². The minimum atomic E-state index is -3.91. The highest BCUT2D eigenvalue weighted by Crippen LogP contribution is 2.29. The van der Waals surface area contributed by atoms with E-state index in [2.05, 4.69) is 14.9 Å². The maximum absolute atomic E-state index is 12.9. The molecule has 0 aliphatic heterocycles. The minimum absolute atomic E-state index is 0.135. The Morgan fingerprint density at radius 3 is 2.00 bits per heavy atom. The summed E-state index contributed by atoms with van der Waals surface area (Å²) in [6.45, 7) is 0. The lowest BCUT2D eigenvalue weighted by Crippen LogP contribution is -2.14. The number of rotatable bonds is 5. The lowest BCUT2D eigenvalue weighted by atomic mass is 10.1. The first-order valence-corrected chi connectivity index (χ1v) is 9.68. The van der Waals surface area contributed by atoms with Crippen molar-refractivity contribution in [3.05, 3.63) is 84.9 Å². The van der Waals surface area contributed by atoms with Crippen molar-refractivity contribution in [2.45, 2.75) is 4.90 Å². The lowest BCUT2D eigenvalue weighted by molar-refractivity contribution is 0.577. The molecule has 0 saturated carbocycles. The minimum Gasteiger partial charge on any atom is -0.403 e. The fraction of sp³-hybridized carbons (Fsp3) is 0. The number of benzene rings is 3. The van der Waals surface area contributed by atoms with Crippen LogP contribution in [0.3, 0.4) is 0 Å². The second-order valence-corrected chi connectivity index (χ2v) is 7.40. The summed E-state index contributed by atoms with van der Waals surface area (Å²) in [6, 6.07) is 25.0. The normalized spacial score (nSPS) is 11.3.